The summed E-state index contributed by atoms with van der Waals surface area (Å²) in [4.78, 5) is 23.8. The number of carboxylic acids is 1. The number of esters is 1. The summed E-state index contributed by atoms with van der Waals surface area (Å²) in [6.45, 7) is 5.50. The molecule has 17 heteroatoms. The van der Waals surface area contributed by atoms with Gasteiger partial charge in [0.2, 0.25) is 20.0 Å². The number of hydrogen-bond acceptors (Lipinski definition) is 11. The van der Waals surface area contributed by atoms with Gasteiger partial charge < -0.3 is 27.5 Å². The SMILES string of the molecule is C1CCOC1.COC(=O)c1sc(C)cc1NS(C)(=O)=O.Cc1cc(NS(C)(=O)=O)c(C(=O)O)s1.[CH3-].[Li+].[OH-]. The minimum atomic E-state index is -3.43. The standard InChI is InChI=1S/C8H11NO4S2.C7H9NO4S2.C4H8O.CH3.Li.H2O/c1-5-4-6(9-15(3,11)12)7(14-5)8(10)13-2;1-4-3-5(8-14(2,11)12)6(13-4)7(9)10;1-2-4-5-3-1;;;/h4,9H,1-3H3;3,8H,1-2H3,(H,9,10);1-4H2;1H3;;1H2/q;;;-1;+1;/p-1. The molecule has 3 rings (SSSR count). The fraction of sp³-hybridized carbons (Fsp3) is 0.450. The van der Waals surface area contributed by atoms with Gasteiger partial charge >= 0.3 is 30.8 Å². The number of methoxy groups -OCH3 is 1. The molecule has 0 saturated carbocycles. The first-order valence-corrected chi connectivity index (χ1v) is 15.1. The maximum Gasteiger partial charge on any atom is 1.00 e. The average Bonchev–Trinajstić information content (AvgIpc) is 3.42. The monoisotopic (exact) mass is 595 g/mol. The molecule has 0 spiro atoms. The zero-order valence-electron chi connectivity index (χ0n) is 21.8. The maximum atomic E-state index is 11.3. The topological polar surface area (TPSA) is 195 Å². The Morgan fingerprint density at radius 1 is 0.919 bits per heavy atom. The van der Waals surface area contributed by atoms with Crippen LogP contribution in [0.5, 0.6) is 0 Å². The van der Waals surface area contributed by atoms with E-state index >= 15 is 0 Å². The number of nitrogens with one attached hydrogen (secondary N) is 2. The smallest absolute Gasteiger partial charge is 0.870 e. The van der Waals surface area contributed by atoms with Crippen LogP contribution in [0.25, 0.3) is 0 Å². The molecule has 4 N–H and O–H groups in total. The van der Waals surface area contributed by atoms with Crippen LogP contribution in [0.2, 0.25) is 0 Å². The van der Waals surface area contributed by atoms with Crippen molar-refractivity contribution >= 4 is 66.0 Å². The molecule has 0 amide bonds. The third-order valence-corrected chi connectivity index (χ3v) is 6.94. The van der Waals surface area contributed by atoms with E-state index < -0.39 is 32.0 Å². The fourth-order valence-corrected chi connectivity index (χ4v) is 5.43. The molecule has 0 radical (unpaired) electrons. The molecule has 0 aromatic carbocycles. The second kappa shape index (κ2) is 17.8. The first-order chi connectivity index (χ1) is 15.6. The predicted octanol–water partition coefficient (Wildman–Crippen LogP) is 0.415. The minimum absolute atomic E-state index is 0. The molecule has 1 aliphatic rings. The molecule has 2 aromatic heterocycles. The third-order valence-electron chi connectivity index (χ3n) is 3.69. The Hall–Kier alpha value is -1.64. The molecule has 3 heterocycles. The van der Waals surface area contributed by atoms with E-state index in [-0.39, 0.29) is 52.9 Å². The van der Waals surface area contributed by atoms with Crippen molar-refractivity contribution in [1.29, 1.82) is 0 Å². The Labute approximate surface area is 238 Å². The third kappa shape index (κ3) is 16.0. The number of hydrogen-bond donors (Lipinski definition) is 3. The molecule has 0 atom stereocenters. The van der Waals surface area contributed by atoms with Crippen LogP contribution < -0.4 is 28.3 Å². The average molecular weight is 596 g/mol. The van der Waals surface area contributed by atoms with Gasteiger partial charge in [-0.2, -0.15) is 0 Å². The molecule has 37 heavy (non-hydrogen) atoms. The largest absolute Gasteiger partial charge is 1.00 e. The van der Waals surface area contributed by atoms with Gasteiger partial charge in [-0.15, -0.1) is 22.7 Å². The summed E-state index contributed by atoms with van der Waals surface area (Å²) in [5.41, 5.74) is 0.398. The van der Waals surface area contributed by atoms with Gasteiger partial charge in [-0.25, -0.2) is 26.4 Å². The van der Waals surface area contributed by atoms with Crippen molar-refractivity contribution in [3.8, 4) is 0 Å². The number of carbonyl (C=O) groups is 2. The van der Waals surface area contributed by atoms with E-state index in [2.05, 4.69) is 14.2 Å². The Morgan fingerprint density at radius 2 is 1.30 bits per heavy atom. The number of anilines is 2. The Bertz CT molecular complexity index is 1200. The van der Waals surface area contributed by atoms with Gasteiger partial charge in [0.25, 0.3) is 0 Å². The van der Waals surface area contributed by atoms with Gasteiger partial charge in [0.15, 0.2) is 0 Å². The summed E-state index contributed by atoms with van der Waals surface area (Å²) >= 11 is 2.22. The summed E-state index contributed by atoms with van der Waals surface area (Å²) in [7, 11) is -5.55. The molecular formula is C20H32LiN2O10S4-. The van der Waals surface area contributed by atoms with E-state index in [1.807, 2.05) is 0 Å². The van der Waals surface area contributed by atoms with Crippen LogP contribution in [-0.2, 0) is 29.5 Å². The van der Waals surface area contributed by atoms with Crippen molar-refractivity contribution in [2.45, 2.75) is 26.7 Å². The van der Waals surface area contributed by atoms with Crippen molar-refractivity contribution in [2.24, 2.45) is 0 Å². The molecule has 1 aliphatic heterocycles. The van der Waals surface area contributed by atoms with Crippen LogP contribution >= 0.6 is 22.7 Å². The minimum Gasteiger partial charge on any atom is -0.870 e. The molecule has 1 fully saturated rings. The summed E-state index contributed by atoms with van der Waals surface area (Å²) < 4.78 is 57.7. The summed E-state index contributed by atoms with van der Waals surface area (Å²) in [5, 5.41) is 8.75. The summed E-state index contributed by atoms with van der Waals surface area (Å²) in [5.74, 6) is -1.67. The van der Waals surface area contributed by atoms with Gasteiger partial charge in [-0.3, -0.25) is 9.44 Å². The van der Waals surface area contributed by atoms with Crippen molar-refractivity contribution in [1.82, 2.24) is 0 Å². The quantitative estimate of drug-likeness (QED) is 0.239. The van der Waals surface area contributed by atoms with Gasteiger partial charge in [0, 0.05) is 23.0 Å². The Morgan fingerprint density at radius 3 is 1.59 bits per heavy atom. The van der Waals surface area contributed by atoms with Crippen molar-refractivity contribution < 1.29 is 65.3 Å². The number of ether oxygens (including phenoxy) is 2. The number of aryl methyl sites for hydroxylation is 2. The molecule has 0 bridgehead atoms. The van der Waals surface area contributed by atoms with E-state index in [9.17, 15) is 26.4 Å². The van der Waals surface area contributed by atoms with Crippen molar-refractivity contribution in [3.63, 3.8) is 0 Å². The molecule has 2 aromatic rings. The number of rotatable bonds is 6. The van der Waals surface area contributed by atoms with Crippen LogP contribution in [0, 0.1) is 21.3 Å². The van der Waals surface area contributed by atoms with E-state index in [1.165, 1.54) is 37.4 Å². The number of carboxylic acid groups (broad SMARTS) is 1. The van der Waals surface area contributed by atoms with Gasteiger partial charge in [0.05, 0.1) is 31.0 Å². The van der Waals surface area contributed by atoms with E-state index in [0.717, 1.165) is 46.8 Å². The number of aromatic carboxylic acids is 1. The van der Waals surface area contributed by atoms with Crippen LogP contribution in [0.3, 0.4) is 0 Å². The molecule has 12 nitrogen and oxygen atoms in total. The normalized spacial score (nSPS) is 12.0. The molecule has 1 saturated heterocycles. The van der Waals surface area contributed by atoms with Gasteiger partial charge in [0.1, 0.15) is 9.75 Å². The van der Waals surface area contributed by atoms with E-state index in [0.29, 0.717) is 0 Å². The van der Waals surface area contributed by atoms with Crippen molar-refractivity contribution in [2.75, 3.05) is 42.3 Å². The first-order valence-electron chi connectivity index (χ1n) is 9.68. The number of carbonyl (C=O) groups excluding carboxylic acids is 1. The Balaban J connectivity index is -0.000000492. The predicted molar refractivity (Wildman–Crippen MR) is 142 cm³/mol. The van der Waals surface area contributed by atoms with E-state index in [1.54, 1.807) is 19.9 Å². The van der Waals surface area contributed by atoms with E-state index in [4.69, 9.17) is 9.84 Å². The van der Waals surface area contributed by atoms with Gasteiger partial charge in [-0.1, -0.05) is 0 Å². The zero-order valence-corrected chi connectivity index (χ0v) is 25.0. The van der Waals surface area contributed by atoms with Crippen molar-refractivity contribution in [3.05, 3.63) is 39.1 Å². The molecular weight excluding hydrogens is 563 g/mol. The maximum absolute atomic E-state index is 11.3. The number of sulfonamides is 2. The molecule has 208 valence electrons. The first kappa shape index (κ1) is 39.9. The zero-order chi connectivity index (χ0) is 26.1. The molecule has 0 unspecified atom stereocenters. The van der Waals surface area contributed by atoms with Crippen LogP contribution in [0.15, 0.2) is 12.1 Å². The Kier molecular flexibility index (Phi) is 19.2. The second-order valence-corrected chi connectivity index (χ2v) is 13.1. The number of thiophene rings is 2. The van der Waals surface area contributed by atoms with Crippen LogP contribution in [0.1, 0.15) is 41.9 Å². The van der Waals surface area contributed by atoms with Gasteiger partial charge in [-0.05, 0) is 38.8 Å². The fourth-order valence-electron chi connectivity index (χ4n) is 2.49. The summed E-state index contributed by atoms with van der Waals surface area (Å²) in [6, 6.07) is 3.09. The second-order valence-electron chi connectivity index (χ2n) is 7.06. The van der Waals surface area contributed by atoms with Crippen LogP contribution in [-0.4, -0.2) is 72.2 Å². The summed E-state index contributed by atoms with van der Waals surface area (Å²) in [6.07, 6.45) is 4.56. The van der Waals surface area contributed by atoms with Crippen LogP contribution in [0.4, 0.5) is 11.4 Å². The molecule has 0 aliphatic carbocycles.